The fourth-order valence-electron chi connectivity index (χ4n) is 3.09. The molecule has 1 aromatic heterocycles. The Kier molecular flexibility index (Phi) is 3.79. The molecule has 0 amide bonds. The van der Waals surface area contributed by atoms with Crippen LogP contribution in [-0.2, 0) is 4.74 Å². The van der Waals surface area contributed by atoms with Gasteiger partial charge in [-0.15, -0.1) is 0 Å². The van der Waals surface area contributed by atoms with Crippen LogP contribution in [-0.4, -0.2) is 31.3 Å². The van der Waals surface area contributed by atoms with Gasteiger partial charge in [0.1, 0.15) is 5.82 Å². The zero-order valence-corrected chi connectivity index (χ0v) is 11.0. The van der Waals surface area contributed by atoms with Gasteiger partial charge in [0.25, 0.3) is 0 Å². The second-order valence-electron chi connectivity index (χ2n) is 5.38. The van der Waals surface area contributed by atoms with Gasteiger partial charge in [-0.25, -0.2) is 4.98 Å². The molecule has 2 aliphatic rings. The van der Waals surface area contributed by atoms with Crippen LogP contribution in [0.3, 0.4) is 0 Å². The molecule has 1 saturated carbocycles. The van der Waals surface area contributed by atoms with Gasteiger partial charge in [0.2, 0.25) is 0 Å². The van der Waals surface area contributed by atoms with E-state index in [1.165, 1.54) is 37.7 Å². The Balaban J connectivity index is 1.75. The summed E-state index contributed by atoms with van der Waals surface area (Å²) in [5, 5.41) is 0. The molecule has 1 aromatic rings. The van der Waals surface area contributed by atoms with Crippen LogP contribution in [0.15, 0.2) is 18.3 Å². The molecule has 0 aromatic carbocycles. The van der Waals surface area contributed by atoms with Crippen LogP contribution in [0.4, 0.5) is 5.82 Å². The number of hydrogen-bond acceptors (Lipinski definition) is 3. The maximum Gasteiger partial charge on any atom is 0.128 e. The Morgan fingerprint density at radius 2 is 1.89 bits per heavy atom. The lowest BCUT2D eigenvalue weighted by Crippen LogP contribution is -2.36. The van der Waals surface area contributed by atoms with Crippen LogP contribution < -0.4 is 4.90 Å². The molecule has 3 nitrogen and oxygen atoms in total. The fraction of sp³-hybridized carbons (Fsp3) is 0.667. The molecular formula is C15H22N2O. The molecule has 1 aliphatic carbocycles. The molecule has 0 bridgehead atoms. The first-order valence-corrected chi connectivity index (χ1v) is 7.22. The standard InChI is InChI=1S/C15H22N2O/c1-2-4-13(5-3-1)14-6-7-16-15(12-14)17-8-10-18-11-9-17/h6-7,12-13H,1-5,8-11H2. The molecule has 0 N–H and O–H groups in total. The van der Waals surface area contributed by atoms with Crippen molar-refractivity contribution in [2.24, 2.45) is 0 Å². The fourth-order valence-corrected chi connectivity index (χ4v) is 3.09. The summed E-state index contributed by atoms with van der Waals surface area (Å²) in [5.74, 6) is 1.91. The van der Waals surface area contributed by atoms with Crippen molar-refractivity contribution >= 4 is 5.82 Å². The lowest BCUT2D eigenvalue weighted by atomic mass is 9.84. The van der Waals surface area contributed by atoms with Gasteiger partial charge in [-0.3, -0.25) is 0 Å². The van der Waals surface area contributed by atoms with Gasteiger partial charge in [-0.2, -0.15) is 0 Å². The maximum absolute atomic E-state index is 5.40. The first kappa shape index (κ1) is 12.0. The van der Waals surface area contributed by atoms with Crippen LogP contribution in [0.1, 0.15) is 43.6 Å². The normalized spacial score (nSPS) is 22.1. The van der Waals surface area contributed by atoms with Gasteiger partial charge in [0, 0.05) is 19.3 Å². The highest BCUT2D eigenvalue weighted by Gasteiger charge is 2.18. The van der Waals surface area contributed by atoms with E-state index in [1.807, 2.05) is 6.20 Å². The number of anilines is 1. The molecule has 0 unspecified atom stereocenters. The maximum atomic E-state index is 5.40. The van der Waals surface area contributed by atoms with Crippen LogP contribution in [0, 0.1) is 0 Å². The molecule has 1 aliphatic heterocycles. The number of pyridine rings is 1. The smallest absolute Gasteiger partial charge is 0.128 e. The van der Waals surface area contributed by atoms with Crippen molar-refractivity contribution < 1.29 is 4.74 Å². The van der Waals surface area contributed by atoms with E-state index in [1.54, 1.807) is 0 Å². The van der Waals surface area contributed by atoms with E-state index in [0.29, 0.717) is 0 Å². The lowest BCUT2D eigenvalue weighted by Gasteiger charge is -2.29. The molecule has 2 heterocycles. The van der Waals surface area contributed by atoms with Crippen LogP contribution >= 0.6 is 0 Å². The topological polar surface area (TPSA) is 25.4 Å². The Morgan fingerprint density at radius 1 is 1.11 bits per heavy atom. The van der Waals surface area contributed by atoms with E-state index in [9.17, 15) is 0 Å². The highest BCUT2D eigenvalue weighted by molar-refractivity contribution is 5.42. The van der Waals surface area contributed by atoms with E-state index in [2.05, 4.69) is 22.0 Å². The van der Waals surface area contributed by atoms with Crippen molar-refractivity contribution in [3.05, 3.63) is 23.9 Å². The van der Waals surface area contributed by atoms with Crippen molar-refractivity contribution in [3.8, 4) is 0 Å². The summed E-state index contributed by atoms with van der Waals surface area (Å²) in [6.07, 6.45) is 8.88. The largest absolute Gasteiger partial charge is 0.378 e. The van der Waals surface area contributed by atoms with Gasteiger partial charge >= 0.3 is 0 Å². The van der Waals surface area contributed by atoms with E-state index in [-0.39, 0.29) is 0 Å². The van der Waals surface area contributed by atoms with E-state index >= 15 is 0 Å². The van der Waals surface area contributed by atoms with Gasteiger partial charge < -0.3 is 9.64 Å². The van der Waals surface area contributed by atoms with Crippen molar-refractivity contribution in [1.29, 1.82) is 0 Å². The Morgan fingerprint density at radius 3 is 2.67 bits per heavy atom. The molecule has 18 heavy (non-hydrogen) atoms. The van der Waals surface area contributed by atoms with Crippen molar-refractivity contribution in [2.75, 3.05) is 31.2 Å². The number of hydrogen-bond donors (Lipinski definition) is 0. The average molecular weight is 246 g/mol. The second kappa shape index (κ2) is 5.70. The van der Waals surface area contributed by atoms with Gasteiger partial charge in [-0.05, 0) is 36.5 Å². The molecular weight excluding hydrogens is 224 g/mol. The summed E-state index contributed by atoms with van der Waals surface area (Å²) in [6, 6.07) is 4.52. The highest BCUT2D eigenvalue weighted by atomic mass is 16.5. The molecule has 0 spiro atoms. The van der Waals surface area contributed by atoms with E-state index < -0.39 is 0 Å². The summed E-state index contributed by atoms with van der Waals surface area (Å²) in [4.78, 5) is 6.87. The number of rotatable bonds is 2. The molecule has 3 heteroatoms. The number of ether oxygens (including phenoxy) is 1. The summed E-state index contributed by atoms with van der Waals surface area (Å²) in [6.45, 7) is 3.60. The summed E-state index contributed by atoms with van der Waals surface area (Å²) < 4.78 is 5.40. The minimum Gasteiger partial charge on any atom is -0.378 e. The molecule has 0 atom stereocenters. The number of aromatic nitrogens is 1. The molecule has 3 rings (SSSR count). The number of nitrogens with zero attached hydrogens (tertiary/aromatic N) is 2. The minimum atomic E-state index is 0.765. The Bertz CT molecular complexity index is 349. The van der Waals surface area contributed by atoms with Gasteiger partial charge in [-0.1, -0.05) is 19.3 Å². The summed E-state index contributed by atoms with van der Waals surface area (Å²) in [5.41, 5.74) is 1.49. The number of morpholine rings is 1. The van der Waals surface area contributed by atoms with E-state index in [0.717, 1.165) is 38.0 Å². The monoisotopic (exact) mass is 246 g/mol. The summed E-state index contributed by atoms with van der Waals surface area (Å²) in [7, 11) is 0. The average Bonchev–Trinajstić information content (AvgIpc) is 2.49. The van der Waals surface area contributed by atoms with Gasteiger partial charge in [0.15, 0.2) is 0 Å². The molecule has 2 fully saturated rings. The van der Waals surface area contributed by atoms with Crippen molar-refractivity contribution in [1.82, 2.24) is 4.98 Å². The first-order chi connectivity index (χ1) is 8.93. The highest BCUT2D eigenvalue weighted by Crippen LogP contribution is 2.33. The molecule has 0 radical (unpaired) electrons. The first-order valence-electron chi connectivity index (χ1n) is 7.22. The van der Waals surface area contributed by atoms with Crippen LogP contribution in [0.25, 0.3) is 0 Å². The zero-order valence-electron chi connectivity index (χ0n) is 11.0. The third-order valence-corrected chi connectivity index (χ3v) is 4.18. The Labute approximate surface area is 109 Å². The quantitative estimate of drug-likeness (QED) is 0.802. The van der Waals surface area contributed by atoms with Gasteiger partial charge in [0.05, 0.1) is 13.2 Å². The summed E-state index contributed by atoms with van der Waals surface area (Å²) >= 11 is 0. The predicted molar refractivity (Wildman–Crippen MR) is 73.1 cm³/mol. The Hall–Kier alpha value is -1.09. The molecule has 1 saturated heterocycles. The molecule has 98 valence electrons. The second-order valence-corrected chi connectivity index (χ2v) is 5.38. The minimum absolute atomic E-state index is 0.765. The van der Waals surface area contributed by atoms with Crippen LogP contribution in [0.2, 0.25) is 0 Å². The van der Waals surface area contributed by atoms with E-state index in [4.69, 9.17) is 4.74 Å². The lowest BCUT2D eigenvalue weighted by molar-refractivity contribution is 0.122. The van der Waals surface area contributed by atoms with Crippen molar-refractivity contribution in [3.63, 3.8) is 0 Å². The zero-order chi connectivity index (χ0) is 12.2. The third kappa shape index (κ3) is 2.66. The predicted octanol–water partition coefficient (Wildman–Crippen LogP) is 2.97. The SMILES string of the molecule is c1cc(C2CCCCC2)cc(N2CCOCC2)n1. The van der Waals surface area contributed by atoms with Crippen LogP contribution in [0.5, 0.6) is 0 Å². The third-order valence-electron chi connectivity index (χ3n) is 4.18. The van der Waals surface area contributed by atoms with Crippen molar-refractivity contribution in [2.45, 2.75) is 38.0 Å².